The van der Waals surface area contributed by atoms with Gasteiger partial charge in [-0.3, -0.25) is 4.99 Å². The van der Waals surface area contributed by atoms with E-state index in [-0.39, 0.29) is 0 Å². The van der Waals surface area contributed by atoms with Crippen LogP contribution >= 0.6 is 0 Å². The number of nitrogens with one attached hydrogen (secondary N) is 1. The molecule has 4 rings (SSSR count). The topological polar surface area (TPSA) is 70.8 Å². The van der Waals surface area contributed by atoms with Gasteiger partial charge in [0.15, 0.2) is 11.8 Å². The Morgan fingerprint density at radius 1 is 1.10 bits per heavy atom. The summed E-state index contributed by atoms with van der Waals surface area (Å²) in [6.07, 6.45) is 5.45. The number of nitrogens with zero attached hydrogens (tertiary/aromatic N) is 6. The second-order valence-corrected chi connectivity index (χ2v) is 7.05. The molecule has 0 atom stereocenters. The molecule has 1 N–H and O–H groups in total. The van der Waals surface area contributed by atoms with Gasteiger partial charge < -0.3 is 19.9 Å². The fourth-order valence-electron chi connectivity index (χ4n) is 3.58. The van der Waals surface area contributed by atoms with Gasteiger partial charge in [-0.05, 0) is 48.0 Å². The van der Waals surface area contributed by atoms with Crippen LogP contribution in [0.5, 0.6) is 5.75 Å². The Bertz CT molecular complexity index is 961. The lowest BCUT2D eigenvalue weighted by molar-refractivity contribution is 0.372. The summed E-state index contributed by atoms with van der Waals surface area (Å²) in [6, 6.07) is 14.2. The third-order valence-corrected chi connectivity index (χ3v) is 5.23. The zero-order valence-electron chi connectivity index (χ0n) is 17.4. The molecular formula is C22H27N7O. The van der Waals surface area contributed by atoms with Gasteiger partial charge in [-0.25, -0.2) is 9.67 Å². The van der Waals surface area contributed by atoms with Crippen LogP contribution in [-0.4, -0.2) is 66.0 Å². The second kappa shape index (κ2) is 9.30. The Labute approximate surface area is 176 Å². The van der Waals surface area contributed by atoms with Gasteiger partial charge >= 0.3 is 0 Å². The van der Waals surface area contributed by atoms with Gasteiger partial charge in [0.05, 0.1) is 7.11 Å². The lowest BCUT2D eigenvalue weighted by Gasteiger charge is -2.37. The Hall–Kier alpha value is -3.55. The fourth-order valence-corrected chi connectivity index (χ4v) is 3.58. The van der Waals surface area contributed by atoms with E-state index in [1.54, 1.807) is 18.0 Å². The standard InChI is InChI=1S/C22H27N7O/c1-23-22(25-17-18-8-10-24-21(16-18)29-11-3-9-26-29)28-14-12-27(13-15-28)19-4-6-20(30-2)7-5-19/h3-11,16H,12-15,17H2,1-2H3,(H,23,25). The highest BCUT2D eigenvalue weighted by Gasteiger charge is 2.19. The van der Waals surface area contributed by atoms with Crippen LogP contribution in [0, 0.1) is 0 Å². The van der Waals surface area contributed by atoms with Crippen LogP contribution in [-0.2, 0) is 6.54 Å². The highest BCUT2D eigenvalue weighted by molar-refractivity contribution is 5.80. The SMILES string of the molecule is CN=C(NCc1ccnc(-n2cccn2)c1)N1CCN(c2ccc(OC)cc2)CC1. The van der Waals surface area contributed by atoms with Gasteiger partial charge in [-0.15, -0.1) is 0 Å². The number of aromatic nitrogens is 3. The molecule has 2 aromatic heterocycles. The largest absolute Gasteiger partial charge is 0.497 e. The number of hydrogen-bond acceptors (Lipinski definition) is 5. The number of methoxy groups -OCH3 is 1. The summed E-state index contributed by atoms with van der Waals surface area (Å²) in [7, 11) is 3.52. The van der Waals surface area contributed by atoms with E-state index in [4.69, 9.17) is 4.74 Å². The number of anilines is 1. The average Bonchev–Trinajstić information content (AvgIpc) is 3.35. The lowest BCUT2D eigenvalue weighted by Crippen LogP contribution is -2.52. The molecule has 0 radical (unpaired) electrons. The van der Waals surface area contributed by atoms with Crippen molar-refractivity contribution in [2.24, 2.45) is 4.99 Å². The van der Waals surface area contributed by atoms with Gasteiger partial charge in [0.25, 0.3) is 0 Å². The van der Waals surface area contributed by atoms with Crippen molar-refractivity contribution in [1.82, 2.24) is 25.0 Å². The molecule has 1 aliphatic heterocycles. The molecule has 0 bridgehead atoms. The maximum Gasteiger partial charge on any atom is 0.194 e. The lowest BCUT2D eigenvalue weighted by atomic mass is 10.2. The number of aliphatic imine (C=N–C) groups is 1. The zero-order chi connectivity index (χ0) is 20.8. The first-order valence-electron chi connectivity index (χ1n) is 10.1. The molecule has 0 saturated carbocycles. The summed E-state index contributed by atoms with van der Waals surface area (Å²) in [4.78, 5) is 13.6. The van der Waals surface area contributed by atoms with E-state index in [0.29, 0.717) is 6.54 Å². The minimum Gasteiger partial charge on any atom is -0.497 e. The molecule has 1 aliphatic rings. The van der Waals surface area contributed by atoms with Gasteiger partial charge in [0.1, 0.15) is 5.75 Å². The first-order chi connectivity index (χ1) is 14.8. The van der Waals surface area contributed by atoms with Gasteiger partial charge in [-0.2, -0.15) is 5.10 Å². The molecule has 1 saturated heterocycles. The van der Waals surface area contributed by atoms with Crippen molar-refractivity contribution in [2.75, 3.05) is 45.2 Å². The van der Waals surface area contributed by atoms with Gasteiger partial charge in [0, 0.05) is 64.0 Å². The fraction of sp³-hybridized carbons (Fsp3) is 0.318. The van der Waals surface area contributed by atoms with Crippen LogP contribution in [0.15, 0.2) is 66.0 Å². The minimum absolute atomic E-state index is 0.683. The summed E-state index contributed by atoms with van der Waals surface area (Å²) in [5.74, 6) is 2.61. The number of hydrogen-bond donors (Lipinski definition) is 1. The Balaban J connectivity index is 1.32. The number of guanidine groups is 1. The highest BCUT2D eigenvalue weighted by atomic mass is 16.5. The second-order valence-electron chi connectivity index (χ2n) is 7.05. The molecule has 156 valence electrons. The molecule has 0 spiro atoms. The summed E-state index contributed by atoms with van der Waals surface area (Å²) >= 11 is 0. The van der Waals surface area contributed by atoms with Crippen molar-refractivity contribution in [3.8, 4) is 11.6 Å². The van der Waals surface area contributed by atoms with E-state index in [9.17, 15) is 0 Å². The van der Waals surface area contributed by atoms with Gasteiger partial charge in [0.2, 0.25) is 0 Å². The Morgan fingerprint density at radius 3 is 2.57 bits per heavy atom. The molecule has 8 nitrogen and oxygen atoms in total. The predicted molar refractivity (Wildman–Crippen MR) is 118 cm³/mol. The first-order valence-corrected chi connectivity index (χ1v) is 10.1. The van der Waals surface area contributed by atoms with Gasteiger partial charge in [-0.1, -0.05) is 0 Å². The third kappa shape index (κ3) is 4.53. The van der Waals surface area contributed by atoms with Crippen molar-refractivity contribution in [3.63, 3.8) is 0 Å². The summed E-state index contributed by atoms with van der Waals surface area (Å²) in [5.41, 5.74) is 2.36. The van der Waals surface area contributed by atoms with E-state index >= 15 is 0 Å². The van der Waals surface area contributed by atoms with Crippen LogP contribution in [0.4, 0.5) is 5.69 Å². The van der Waals surface area contributed by atoms with E-state index in [1.165, 1.54) is 5.69 Å². The van der Waals surface area contributed by atoms with Crippen molar-refractivity contribution >= 4 is 11.6 Å². The Morgan fingerprint density at radius 2 is 1.90 bits per heavy atom. The predicted octanol–water partition coefficient (Wildman–Crippen LogP) is 2.17. The van der Waals surface area contributed by atoms with E-state index in [1.807, 2.05) is 49.8 Å². The number of benzene rings is 1. The number of rotatable bonds is 5. The van der Waals surface area contributed by atoms with E-state index < -0.39 is 0 Å². The maximum atomic E-state index is 5.25. The molecule has 3 heterocycles. The normalized spacial score (nSPS) is 14.7. The highest BCUT2D eigenvalue weighted by Crippen LogP contribution is 2.20. The van der Waals surface area contributed by atoms with Crippen molar-refractivity contribution in [2.45, 2.75) is 6.54 Å². The summed E-state index contributed by atoms with van der Waals surface area (Å²) < 4.78 is 7.01. The molecule has 0 unspecified atom stereocenters. The molecular weight excluding hydrogens is 378 g/mol. The molecule has 0 amide bonds. The number of ether oxygens (including phenoxy) is 1. The van der Waals surface area contributed by atoms with E-state index in [2.05, 4.69) is 42.3 Å². The number of piperazine rings is 1. The summed E-state index contributed by atoms with van der Waals surface area (Å²) in [6.45, 7) is 4.42. The molecule has 30 heavy (non-hydrogen) atoms. The smallest absolute Gasteiger partial charge is 0.194 e. The first kappa shape index (κ1) is 19.8. The van der Waals surface area contributed by atoms with Crippen LogP contribution < -0.4 is 15.0 Å². The summed E-state index contributed by atoms with van der Waals surface area (Å²) in [5, 5.41) is 7.73. The van der Waals surface area contributed by atoms with Crippen molar-refractivity contribution in [3.05, 3.63) is 66.6 Å². The maximum absolute atomic E-state index is 5.25. The van der Waals surface area contributed by atoms with Crippen LogP contribution in [0.1, 0.15) is 5.56 Å². The molecule has 1 aromatic carbocycles. The van der Waals surface area contributed by atoms with Crippen LogP contribution in [0.3, 0.4) is 0 Å². The van der Waals surface area contributed by atoms with Crippen molar-refractivity contribution < 1.29 is 4.74 Å². The van der Waals surface area contributed by atoms with Crippen LogP contribution in [0.25, 0.3) is 5.82 Å². The molecule has 3 aromatic rings. The van der Waals surface area contributed by atoms with Crippen molar-refractivity contribution in [1.29, 1.82) is 0 Å². The molecule has 0 aliphatic carbocycles. The minimum atomic E-state index is 0.683. The van der Waals surface area contributed by atoms with Crippen LogP contribution in [0.2, 0.25) is 0 Å². The number of pyridine rings is 1. The zero-order valence-corrected chi connectivity index (χ0v) is 17.4. The Kier molecular flexibility index (Phi) is 6.12. The quantitative estimate of drug-likeness (QED) is 0.518. The molecule has 8 heteroatoms. The van der Waals surface area contributed by atoms with E-state index in [0.717, 1.165) is 49.3 Å². The monoisotopic (exact) mass is 405 g/mol. The molecule has 1 fully saturated rings. The average molecular weight is 406 g/mol. The third-order valence-electron chi connectivity index (χ3n) is 5.23.